The third-order valence-electron chi connectivity index (χ3n) is 3.77. The third-order valence-corrected chi connectivity index (χ3v) is 3.77. The molecule has 0 fully saturated rings. The molecule has 0 aliphatic rings. The summed E-state index contributed by atoms with van der Waals surface area (Å²) in [6.45, 7) is 3.82. The molecule has 2 rings (SSSR count). The summed E-state index contributed by atoms with van der Waals surface area (Å²) in [5.41, 5.74) is 2.17. The average molecular weight is 361 g/mol. The summed E-state index contributed by atoms with van der Waals surface area (Å²) < 4.78 is 5.31. The topological polar surface area (TPSA) is 72.4 Å². The number of methoxy groups -OCH3 is 1. The molecule has 0 bridgehead atoms. The molecule has 0 radical (unpaired) electrons. The summed E-state index contributed by atoms with van der Waals surface area (Å²) in [4.78, 5) is 11.5. The summed E-state index contributed by atoms with van der Waals surface area (Å²) in [6.07, 6.45) is 5.51. The summed E-state index contributed by atoms with van der Waals surface area (Å²) in [7, 11) is 1.46. The molecule has 130 valence electrons. The minimum Gasteiger partial charge on any atom is -0.872 e. The molecule has 5 heteroatoms. The van der Waals surface area contributed by atoms with Crippen LogP contribution in [0.3, 0.4) is 0 Å². The van der Waals surface area contributed by atoms with Gasteiger partial charge in [-0.1, -0.05) is 59.9 Å². The van der Waals surface area contributed by atoms with Crippen LogP contribution in [0.1, 0.15) is 40.9 Å². The smallest absolute Gasteiger partial charge is 0.872 e. The minimum absolute atomic E-state index is 0. The molecule has 0 amide bonds. The summed E-state index contributed by atoms with van der Waals surface area (Å²) in [6, 6.07) is 11.0. The van der Waals surface area contributed by atoms with Gasteiger partial charge in [-0.25, -0.2) is 0 Å². The van der Waals surface area contributed by atoms with Gasteiger partial charge in [-0.15, -0.1) is 0 Å². The van der Waals surface area contributed by atoms with Gasteiger partial charge in [0.25, 0.3) is 0 Å². The number of rotatable bonds is 6. The molecule has 0 N–H and O–H groups in total. The number of aromatic carboxylic acids is 1. The van der Waals surface area contributed by atoms with Crippen LogP contribution in [0, 0.1) is 0 Å². The Balaban J connectivity index is 0.00000338. The number of carbonyl (C=O) groups is 1. The van der Waals surface area contributed by atoms with Crippen molar-refractivity contribution >= 4 is 41.2 Å². The van der Waals surface area contributed by atoms with Gasteiger partial charge in [0.05, 0.1) is 13.1 Å². The quantitative estimate of drug-likeness (QED) is 0.450. The average Bonchev–Trinajstić information content (AvgIpc) is 2.58. The Morgan fingerprint density at radius 2 is 1.81 bits per heavy atom. The van der Waals surface area contributed by atoms with E-state index in [2.05, 4.69) is 0 Å². The molecule has 4 nitrogen and oxygen atoms in total. The Morgan fingerprint density at radius 1 is 1.15 bits per heavy atom. The molecule has 0 aliphatic heterocycles. The number of benzene rings is 2. The number of hydrogen-bond acceptors (Lipinski definition) is 4. The van der Waals surface area contributed by atoms with Crippen LogP contribution < -0.4 is 14.9 Å². The Labute approximate surface area is 170 Å². The molecule has 0 heterocycles. The fraction of sp³-hybridized carbons (Fsp3) is 0.190. The van der Waals surface area contributed by atoms with Crippen molar-refractivity contribution in [3.8, 4) is 11.5 Å². The summed E-state index contributed by atoms with van der Waals surface area (Å²) in [5, 5.41) is 24.2. The zero-order chi connectivity index (χ0) is 18.4. The van der Waals surface area contributed by atoms with Crippen LogP contribution in [0.2, 0.25) is 0 Å². The van der Waals surface area contributed by atoms with E-state index in [9.17, 15) is 15.0 Å². The van der Waals surface area contributed by atoms with Gasteiger partial charge < -0.3 is 19.7 Å². The standard InChI is InChI=1S/C21H22O4.Mg/c1-14(2)9-12-17-18(25-3)13-16(19(20(17)22)21(23)24)11-10-15-7-5-4-6-8-15;/h4-11,13,22H,12H2,1-3H3,(H,23,24);/q;+2/p-2/b11-10+;. The van der Waals surface area contributed by atoms with Crippen molar-refractivity contribution in [1.82, 2.24) is 0 Å². The van der Waals surface area contributed by atoms with Gasteiger partial charge in [-0.3, -0.25) is 0 Å². The molecule has 0 saturated carbocycles. The first kappa shape index (κ1) is 21.8. The molecule has 0 aliphatic carbocycles. The number of carboxylic acids is 1. The fourth-order valence-electron chi connectivity index (χ4n) is 2.47. The number of allylic oxidation sites excluding steroid dienone is 2. The van der Waals surface area contributed by atoms with Crippen molar-refractivity contribution in [2.45, 2.75) is 20.3 Å². The van der Waals surface area contributed by atoms with E-state index in [0.29, 0.717) is 17.7 Å². The first-order chi connectivity index (χ1) is 11.9. The van der Waals surface area contributed by atoms with Gasteiger partial charge in [0, 0.05) is 0 Å². The zero-order valence-corrected chi connectivity index (χ0v) is 16.7. The van der Waals surface area contributed by atoms with E-state index in [0.717, 1.165) is 11.1 Å². The van der Waals surface area contributed by atoms with Crippen molar-refractivity contribution in [3.63, 3.8) is 0 Å². The van der Waals surface area contributed by atoms with E-state index in [1.807, 2.05) is 50.3 Å². The van der Waals surface area contributed by atoms with E-state index in [-0.39, 0.29) is 34.2 Å². The van der Waals surface area contributed by atoms with Crippen LogP contribution in [-0.2, 0) is 6.42 Å². The van der Waals surface area contributed by atoms with Crippen LogP contribution >= 0.6 is 0 Å². The maximum atomic E-state index is 12.7. The number of hydrogen-bond donors (Lipinski definition) is 0. The third kappa shape index (κ3) is 5.38. The van der Waals surface area contributed by atoms with Gasteiger partial charge in [0.15, 0.2) is 0 Å². The summed E-state index contributed by atoms with van der Waals surface area (Å²) in [5.74, 6) is -1.68. The largest absolute Gasteiger partial charge is 2.00 e. The minimum atomic E-state index is -1.49. The van der Waals surface area contributed by atoms with Crippen LogP contribution in [0.15, 0.2) is 48.0 Å². The van der Waals surface area contributed by atoms with E-state index in [4.69, 9.17) is 4.74 Å². The number of carbonyl (C=O) groups excluding carboxylic acids is 1. The Kier molecular flexibility index (Phi) is 8.42. The van der Waals surface area contributed by atoms with E-state index in [1.54, 1.807) is 18.2 Å². The van der Waals surface area contributed by atoms with Crippen LogP contribution in [0.4, 0.5) is 0 Å². The Hall–Kier alpha value is -2.24. The van der Waals surface area contributed by atoms with Crippen molar-refractivity contribution in [2.24, 2.45) is 0 Å². The fourth-order valence-corrected chi connectivity index (χ4v) is 2.47. The molecule has 26 heavy (non-hydrogen) atoms. The molecule has 0 unspecified atom stereocenters. The SMILES string of the molecule is COc1cc(/C=C/c2ccccc2)c(C(=O)[O-])c([O-])c1CC=C(C)C.[Mg+2]. The van der Waals surface area contributed by atoms with Gasteiger partial charge in [0.1, 0.15) is 5.75 Å². The van der Waals surface area contributed by atoms with Gasteiger partial charge in [-0.2, -0.15) is 0 Å². The van der Waals surface area contributed by atoms with Crippen molar-refractivity contribution in [1.29, 1.82) is 0 Å². The first-order valence-corrected chi connectivity index (χ1v) is 7.92. The second kappa shape index (κ2) is 10.0. The van der Waals surface area contributed by atoms with Gasteiger partial charge in [0.2, 0.25) is 0 Å². The number of carboxylic acid groups (broad SMARTS) is 1. The van der Waals surface area contributed by atoms with Gasteiger partial charge in [-0.05, 0) is 48.6 Å². The molecule has 0 aromatic heterocycles. The molecular formula is C21H20MgO4. The second-order valence-corrected chi connectivity index (χ2v) is 5.87. The predicted molar refractivity (Wildman–Crippen MR) is 101 cm³/mol. The molecule has 0 saturated heterocycles. The van der Waals surface area contributed by atoms with Crippen molar-refractivity contribution in [3.05, 3.63) is 70.3 Å². The molecule has 0 spiro atoms. The monoisotopic (exact) mass is 360 g/mol. The van der Waals surface area contributed by atoms with Crippen LogP contribution in [0.5, 0.6) is 11.5 Å². The van der Waals surface area contributed by atoms with Gasteiger partial charge >= 0.3 is 23.1 Å². The maximum absolute atomic E-state index is 12.7. The van der Waals surface area contributed by atoms with E-state index < -0.39 is 11.7 Å². The normalized spacial score (nSPS) is 10.3. The maximum Gasteiger partial charge on any atom is 2.00 e. The predicted octanol–water partition coefficient (Wildman–Crippen LogP) is 2.43. The number of ether oxygens (including phenoxy) is 1. The van der Waals surface area contributed by atoms with E-state index in [1.165, 1.54) is 7.11 Å². The van der Waals surface area contributed by atoms with Crippen LogP contribution in [0.25, 0.3) is 12.2 Å². The van der Waals surface area contributed by atoms with Crippen molar-refractivity contribution in [2.75, 3.05) is 7.11 Å². The zero-order valence-electron chi connectivity index (χ0n) is 15.2. The Bertz CT molecular complexity index is 820. The first-order valence-electron chi connectivity index (χ1n) is 7.92. The van der Waals surface area contributed by atoms with Crippen molar-refractivity contribution < 1.29 is 19.7 Å². The summed E-state index contributed by atoms with van der Waals surface area (Å²) >= 11 is 0. The molecule has 2 aromatic carbocycles. The molecule has 0 atom stereocenters. The van der Waals surface area contributed by atoms with Crippen LogP contribution in [-0.4, -0.2) is 36.1 Å². The molecule has 2 aromatic rings. The molecular weight excluding hydrogens is 341 g/mol. The second-order valence-electron chi connectivity index (χ2n) is 5.87. The van der Waals surface area contributed by atoms with E-state index >= 15 is 0 Å². The Morgan fingerprint density at radius 3 is 2.35 bits per heavy atom.